The third-order valence-corrected chi connectivity index (χ3v) is 3.19. The minimum Gasteiger partial charge on any atom is -0.396 e. The molecule has 0 aliphatic heterocycles. The molecule has 0 fully saturated rings. The van der Waals surface area contributed by atoms with Gasteiger partial charge in [-0.1, -0.05) is 20.3 Å². The second-order valence-corrected chi connectivity index (χ2v) is 4.58. The van der Waals surface area contributed by atoms with Crippen LogP contribution in [0.4, 0.5) is 0 Å². The van der Waals surface area contributed by atoms with Crippen molar-refractivity contribution >= 4 is 5.91 Å². The van der Waals surface area contributed by atoms with Crippen molar-refractivity contribution in [3.05, 3.63) is 24.0 Å². The number of aliphatic hydroxyl groups is 1. The number of amides is 1. The average molecular weight is 252 g/mol. The number of carbonyl (C=O) groups excluding carboxylic acids is 1. The smallest absolute Gasteiger partial charge is 0.267 e. The monoisotopic (exact) mass is 252 g/mol. The number of aromatic nitrogens is 1. The summed E-state index contributed by atoms with van der Waals surface area (Å²) in [6.45, 7) is 5.85. The zero-order valence-electron chi connectivity index (χ0n) is 11.4. The number of nitrogens with one attached hydrogen (secondary N) is 1. The summed E-state index contributed by atoms with van der Waals surface area (Å²) >= 11 is 0. The van der Waals surface area contributed by atoms with Gasteiger partial charge in [-0.15, -0.1) is 0 Å². The van der Waals surface area contributed by atoms with E-state index in [0.717, 1.165) is 31.5 Å². The van der Waals surface area contributed by atoms with Crippen LogP contribution < -0.4 is 5.32 Å². The van der Waals surface area contributed by atoms with E-state index in [1.807, 2.05) is 22.9 Å². The van der Waals surface area contributed by atoms with Gasteiger partial charge >= 0.3 is 0 Å². The number of aliphatic hydroxyl groups excluding tert-OH is 1. The van der Waals surface area contributed by atoms with E-state index in [-0.39, 0.29) is 12.5 Å². The molecule has 0 aliphatic carbocycles. The van der Waals surface area contributed by atoms with Crippen molar-refractivity contribution in [2.24, 2.45) is 5.92 Å². The molecule has 0 saturated heterocycles. The number of hydrogen-bond donors (Lipinski definition) is 2. The van der Waals surface area contributed by atoms with Gasteiger partial charge in [0, 0.05) is 25.9 Å². The lowest BCUT2D eigenvalue weighted by atomic mass is 10.0. The third kappa shape index (κ3) is 4.18. The molecule has 1 rings (SSSR count). The summed E-state index contributed by atoms with van der Waals surface area (Å²) in [6.07, 6.45) is 4.66. The second kappa shape index (κ2) is 7.93. The van der Waals surface area contributed by atoms with Crippen LogP contribution in [0.3, 0.4) is 0 Å². The van der Waals surface area contributed by atoms with Gasteiger partial charge < -0.3 is 15.0 Å². The fourth-order valence-electron chi connectivity index (χ4n) is 2.02. The van der Waals surface area contributed by atoms with Crippen molar-refractivity contribution in [2.75, 3.05) is 13.2 Å². The Morgan fingerprint density at radius 1 is 1.50 bits per heavy atom. The van der Waals surface area contributed by atoms with E-state index in [4.69, 9.17) is 5.11 Å². The molecule has 2 N–H and O–H groups in total. The van der Waals surface area contributed by atoms with Crippen molar-refractivity contribution in [1.82, 2.24) is 9.88 Å². The highest BCUT2D eigenvalue weighted by molar-refractivity contribution is 5.92. The number of hydrogen-bond acceptors (Lipinski definition) is 2. The first-order valence-electron chi connectivity index (χ1n) is 6.77. The summed E-state index contributed by atoms with van der Waals surface area (Å²) in [5.41, 5.74) is 0.718. The summed E-state index contributed by atoms with van der Waals surface area (Å²) < 4.78 is 1.97. The van der Waals surface area contributed by atoms with E-state index in [1.54, 1.807) is 0 Å². The predicted octanol–water partition coefficient (Wildman–Crippen LogP) is 2.04. The maximum Gasteiger partial charge on any atom is 0.267 e. The summed E-state index contributed by atoms with van der Waals surface area (Å²) in [6, 6.07) is 3.74. The molecule has 1 heterocycles. The Balaban J connectivity index is 2.51. The Bertz CT molecular complexity index is 360. The molecule has 18 heavy (non-hydrogen) atoms. The van der Waals surface area contributed by atoms with Crippen molar-refractivity contribution in [1.29, 1.82) is 0 Å². The van der Waals surface area contributed by atoms with Gasteiger partial charge in [-0.2, -0.15) is 0 Å². The predicted molar refractivity (Wildman–Crippen MR) is 72.5 cm³/mol. The lowest BCUT2D eigenvalue weighted by Crippen LogP contribution is -2.31. The fraction of sp³-hybridized carbons (Fsp3) is 0.643. The van der Waals surface area contributed by atoms with Gasteiger partial charge in [-0.05, 0) is 30.9 Å². The molecule has 4 nitrogen and oxygen atoms in total. The van der Waals surface area contributed by atoms with Crippen LogP contribution >= 0.6 is 0 Å². The Labute approximate surface area is 109 Å². The quantitative estimate of drug-likeness (QED) is 0.744. The van der Waals surface area contributed by atoms with E-state index < -0.39 is 0 Å². The zero-order chi connectivity index (χ0) is 13.4. The molecule has 0 aliphatic rings. The summed E-state index contributed by atoms with van der Waals surface area (Å²) in [4.78, 5) is 12.0. The molecule has 1 aromatic heterocycles. The van der Waals surface area contributed by atoms with Crippen molar-refractivity contribution in [3.8, 4) is 0 Å². The first-order chi connectivity index (χ1) is 8.72. The summed E-state index contributed by atoms with van der Waals surface area (Å²) in [7, 11) is 0. The second-order valence-electron chi connectivity index (χ2n) is 4.58. The first kappa shape index (κ1) is 14.8. The van der Waals surface area contributed by atoms with Crippen molar-refractivity contribution in [2.45, 2.75) is 39.7 Å². The normalized spacial score (nSPS) is 12.4. The van der Waals surface area contributed by atoms with Gasteiger partial charge in [0.2, 0.25) is 0 Å². The number of rotatable bonds is 8. The van der Waals surface area contributed by atoms with Crippen LogP contribution in [0.15, 0.2) is 18.3 Å². The molecule has 1 unspecified atom stereocenters. The Kier molecular flexibility index (Phi) is 6.50. The fourth-order valence-corrected chi connectivity index (χ4v) is 2.02. The minimum atomic E-state index is -0.0233. The van der Waals surface area contributed by atoms with Gasteiger partial charge in [-0.25, -0.2) is 0 Å². The highest BCUT2D eigenvalue weighted by Gasteiger charge is 2.12. The highest BCUT2D eigenvalue weighted by Crippen LogP contribution is 2.07. The molecule has 0 spiro atoms. The maximum atomic E-state index is 12.0. The Morgan fingerprint density at radius 2 is 2.28 bits per heavy atom. The van der Waals surface area contributed by atoms with Gasteiger partial charge in [-0.3, -0.25) is 4.79 Å². The van der Waals surface area contributed by atoms with Gasteiger partial charge in [0.15, 0.2) is 0 Å². The molecule has 0 saturated carbocycles. The molecular formula is C14H24N2O2. The average Bonchev–Trinajstić information content (AvgIpc) is 2.83. The Morgan fingerprint density at radius 3 is 2.89 bits per heavy atom. The van der Waals surface area contributed by atoms with Crippen LogP contribution in [-0.4, -0.2) is 28.7 Å². The molecule has 4 heteroatoms. The molecular weight excluding hydrogens is 228 g/mol. The largest absolute Gasteiger partial charge is 0.396 e. The van der Waals surface area contributed by atoms with Crippen LogP contribution in [0.2, 0.25) is 0 Å². The topological polar surface area (TPSA) is 54.3 Å². The molecule has 1 amide bonds. The van der Waals surface area contributed by atoms with Crippen LogP contribution in [-0.2, 0) is 6.54 Å². The van der Waals surface area contributed by atoms with Gasteiger partial charge in [0.1, 0.15) is 5.69 Å². The zero-order valence-corrected chi connectivity index (χ0v) is 11.4. The van der Waals surface area contributed by atoms with Gasteiger partial charge in [0.25, 0.3) is 5.91 Å². The van der Waals surface area contributed by atoms with Crippen LogP contribution in [0.5, 0.6) is 0 Å². The molecule has 0 aromatic carbocycles. The molecule has 1 atom stereocenters. The summed E-state index contributed by atoms with van der Waals surface area (Å²) in [5, 5.41) is 11.9. The lowest BCUT2D eigenvalue weighted by Gasteiger charge is -2.15. The number of nitrogens with zero attached hydrogens (tertiary/aromatic N) is 1. The van der Waals surface area contributed by atoms with E-state index in [2.05, 4.69) is 19.2 Å². The van der Waals surface area contributed by atoms with Crippen LogP contribution in [0, 0.1) is 5.92 Å². The molecule has 102 valence electrons. The summed E-state index contributed by atoms with van der Waals surface area (Å²) in [5.74, 6) is 0.332. The first-order valence-corrected chi connectivity index (χ1v) is 6.77. The van der Waals surface area contributed by atoms with Gasteiger partial charge in [0.05, 0.1) is 0 Å². The SMILES string of the molecule is CCCn1cccc1C(=O)NCC(CC)CCO. The standard InChI is InChI=1S/C14H24N2O2/c1-3-8-16-9-5-6-13(16)14(18)15-11-12(4-2)7-10-17/h5-6,9,12,17H,3-4,7-8,10-11H2,1-2H3,(H,15,18). The van der Waals surface area contributed by atoms with E-state index in [9.17, 15) is 4.79 Å². The van der Waals surface area contributed by atoms with E-state index in [0.29, 0.717) is 12.5 Å². The molecule has 1 aromatic rings. The third-order valence-electron chi connectivity index (χ3n) is 3.19. The van der Waals surface area contributed by atoms with Crippen molar-refractivity contribution < 1.29 is 9.90 Å². The van der Waals surface area contributed by atoms with E-state index >= 15 is 0 Å². The Hall–Kier alpha value is -1.29. The number of aryl methyl sites for hydroxylation is 1. The molecule has 0 radical (unpaired) electrons. The van der Waals surface area contributed by atoms with Crippen LogP contribution in [0.25, 0.3) is 0 Å². The van der Waals surface area contributed by atoms with Crippen molar-refractivity contribution in [3.63, 3.8) is 0 Å². The highest BCUT2D eigenvalue weighted by atomic mass is 16.3. The minimum absolute atomic E-state index is 0.0233. The number of carbonyl (C=O) groups is 1. The lowest BCUT2D eigenvalue weighted by molar-refractivity contribution is 0.0934. The maximum absolute atomic E-state index is 12.0. The molecule has 0 bridgehead atoms. The van der Waals surface area contributed by atoms with Crippen LogP contribution in [0.1, 0.15) is 43.6 Å². The van der Waals surface area contributed by atoms with E-state index in [1.165, 1.54) is 0 Å².